The van der Waals surface area contributed by atoms with Gasteiger partial charge in [-0.15, -0.1) is 0 Å². The van der Waals surface area contributed by atoms with Crippen molar-refractivity contribution in [1.29, 1.82) is 0 Å². The van der Waals surface area contributed by atoms with Crippen LogP contribution in [0.15, 0.2) is 28.8 Å². The van der Waals surface area contributed by atoms with Crippen molar-refractivity contribution in [2.75, 3.05) is 0 Å². The van der Waals surface area contributed by atoms with E-state index >= 15 is 0 Å². The topological polar surface area (TPSA) is 86.5 Å². The van der Waals surface area contributed by atoms with Crippen molar-refractivity contribution < 1.29 is 18.8 Å². The summed E-state index contributed by atoms with van der Waals surface area (Å²) >= 11 is 0. The average molecular weight is 347 g/mol. The molecule has 0 fully saturated rings. The highest BCUT2D eigenvalue weighted by Crippen LogP contribution is 2.25. The van der Waals surface area contributed by atoms with Gasteiger partial charge in [0.05, 0.1) is 6.04 Å². The molecule has 1 amide bonds. The summed E-state index contributed by atoms with van der Waals surface area (Å²) in [5, 5.41) is 6.68. The highest BCUT2D eigenvalue weighted by molar-refractivity contribution is 5.68. The van der Waals surface area contributed by atoms with E-state index in [1.807, 2.05) is 58.9 Å². The van der Waals surface area contributed by atoms with Crippen LogP contribution in [0.25, 0.3) is 0 Å². The van der Waals surface area contributed by atoms with Gasteiger partial charge >= 0.3 is 6.09 Å². The van der Waals surface area contributed by atoms with Crippen LogP contribution in [-0.2, 0) is 17.8 Å². The lowest BCUT2D eigenvalue weighted by molar-refractivity contribution is 0.0507. The van der Waals surface area contributed by atoms with Gasteiger partial charge in [0.25, 0.3) is 0 Å². The third-order valence-electron chi connectivity index (χ3n) is 3.29. The number of nitrogens with one attached hydrogen (secondary N) is 1. The fraction of sp³-hybridized carbons (Fsp3) is 0.500. The Hall–Kier alpha value is -2.57. The molecule has 0 radical (unpaired) electrons. The van der Waals surface area contributed by atoms with E-state index in [1.165, 1.54) is 0 Å². The maximum Gasteiger partial charge on any atom is 0.408 e. The molecule has 0 saturated carbocycles. The van der Waals surface area contributed by atoms with Crippen molar-refractivity contribution in [3.05, 3.63) is 41.5 Å². The van der Waals surface area contributed by atoms with E-state index in [2.05, 4.69) is 15.5 Å². The highest BCUT2D eigenvalue weighted by Gasteiger charge is 2.20. The van der Waals surface area contributed by atoms with E-state index in [9.17, 15) is 4.79 Å². The van der Waals surface area contributed by atoms with Gasteiger partial charge in [0.15, 0.2) is 6.61 Å². The lowest BCUT2D eigenvalue weighted by Gasteiger charge is -2.23. The molecular formula is C18H25N3O4. The SMILES string of the molecule is CCc1nc(COc2ccccc2[C@H](C)NC(=O)OC(C)(C)C)no1. The lowest BCUT2D eigenvalue weighted by atomic mass is 10.1. The van der Waals surface area contributed by atoms with Gasteiger partial charge in [-0.25, -0.2) is 4.79 Å². The molecule has 25 heavy (non-hydrogen) atoms. The summed E-state index contributed by atoms with van der Waals surface area (Å²) in [4.78, 5) is 16.2. The Kier molecular flexibility index (Phi) is 6.01. The minimum atomic E-state index is -0.546. The Morgan fingerprint density at radius 2 is 2.04 bits per heavy atom. The fourth-order valence-corrected chi connectivity index (χ4v) is 2.17. The summed E-state index contributed by atoms with van der Waals surface area (Å²) in [7, 11) is 0. The summed E-state index contributed by atoms with van der Waals surface area (Å²) in [5.74, 6) is 1.71. The van der Waals surface area contributed by atoms with Crippen molar-refractivity contribution in [3.8, 4) is 5.75 Å². The Morgan fingerprint density at radius 3 is 2.68 bits per heavy atom. The number of ether oxygens (including phenoxy) is 2. The minimum Gasteiger partial charge on any atom is -0.485 e. The summed E-state index contributed by atoms with van der Waals surface area (Å²) in [6.45, 7) is 9.48. The number of aromatic nitrogens is 2. The molecule has 0 saturated heterocycles. The molecule has 1 atom stereocenters. The Balaban J connectivity index is 2.02. The van der Waals surface area contributed by atoms with Crippen molar-refractivity contribution >= 4 is 6.09 Å². The second-order valence-electron chi connectivity index (χ2n) is 6.65. The number of rotatable bonds is 6. The largest absolute Gasteiger partial charge is 0.485 e. The molecule has 2 aromatic rings. The van der Waals surface area contributed by atoms with E-state index in [1.54, 1.807) is 0 Å². The van der Waals surface area contributed by atoms with Gasteiger partial charge in [0.2, 0.25) is 11.7 Å². The maximum absolute atomic E-state index is 12.0. The van der Waals surface area contributed by atoms with Crippen molar-refractivity contribution in [2.45, 2.75) is 59.3 Å². The van der Waals surface area contributed by atoms with Crippen LogP contribution in [0, 0.1) is 0 Å². The fourth-order valence-electron chi connectivity index (χ4n) is 2.17. The van der Waals surface area contributed by atoms with Crippen molar-refractivity contribution in [2.24, 2.45) is 0 Å². The van der Waals surface area contributed by atoms with Gasteiger partial charge in [-0.05, 0) is 33.8 Å². The molecule has 7 heteroatoms. The smallest absolute Gasteiger partial charge is 0.408 e. The van der Waals surface area contributed by atoms with Crippen LogP contribution in [0.4, 0.5) is 4.79 Å². The minimum absolute atomic E-state index is 0.194. The molecule has 0 spiro atoms. The van der Waals surface area contributed by atoms with E-state index in [4.69, 9.17) is 14.0 Å². The summed E-state index contributed by atoms with van der Waals surface area (Å²) in [6, 6.07) is 7.21. The van der Waals surface area contributed by atoms with Gasteiger partial charge in [-0.3, -0.25) is 0 Å². The molecule has 1 aromatic heterocycles. The van der Waals surface area contributed by atoms with Crippen LogP contribution in [0.3, 0.4) is 0 Å². The van der Waals surface area contributed by atoms with Gasteiger partial charge in [0, 0.05) is 12.0 Å². The number of nitrogens with zero attached hydrogens (tertiary/aromatic N) is 2. The first-order valence-electron chi connectivity index (χ1n) is 8.31. The molecule has 2 rings (SSSR count). The van der Waals surface area contributed by atoms with E-state index in [0.717, 1.165) is 5.56 Å². The number of carbonyl (C=O) groups excluding carboxylic acids is 1. The molecule has 136 valence electrons. The first-order valence-corrected chi connectivity index (χ1v) is 8.31. The normalized spacial score (nSPS) is 12.5. The number of benzene rings is 1. The molecule has 0 bridgehead atoms. The number of hydrogen-bond acceptors (Lipinski definition) is 6. The van der Waals surface area contributed by atoms with E-state index < -0.39 is 11.7 Å². The van der Waals surface area contributed by atoms with Crippen LogP contribution in [0.5, 0.6) is 5.75 Å². The second kappa shape index (κ2) is 8.00. The summed E-state index contributed by atoms with van der Waals surface area (Å²) in [5.41, 5.74) is 0.294. The number of amides is 1. The molecule has 0 aliphatic rings. The van der Waals surface area contributed by atoms with Crippen molar-refractivity contribution in [1.82, 2.24) is 15.5 Å². The predicted octanol–water partition coefficient (Wildman–Crippen LogP) is 3.80. The number of carbonyl (C=O) groups is 1. The molecule has 0 aliphatic carbocycles. The Labute approximate surface area is 147 Å². The first-order chi connectivity index (χ1) is 11.8. The van der Waals surface area contributed by atoms with Crippen LogP contribution < -0.4 is 10.1 Å². The molecule has 1 heterocycles. The van der Waals surface area contributed by atoms with Crippen LogP contribution in [0.1, 0.15) is 57.9 Å². The number of para-hydroxylation sites is 1. The number of aryl methyl sites for hydroxylation is 1. The molecule has 1 aromatic carbocycles. The van der Waals surface area contributed by atoms with Crippen LogP contribution in [-0.4, -0.2) is 21.8 Å². The highest BCUT2D eigenvalue weighted by atomic mass is 16.6. The molecule has 7 nitrogen and oxygen atoms in total. The summed E-state index contributed by atoms with van der Waals surface area (Å²) in [6.07, 6.45) is 0.209. The standard InChI is InChI=1S/C18H25N3O4/c1-6-16-20-15(21-25-16)11-23-14-10-8-7-9-13(14)12(2)19-17(22)24-18(3,4)5/h7-10,12H,6,11H2,1-5H3,(H,19,22)/t12-/m0/s1. The quantitative estimate of drug-likeness (QED) is 0.855. The monoisotopic (exact) mass is 347 g/mol. The third-order valence-corrected chi connectivity index (χ3v) is 3.29. The molecule has 1 N–H and O–H groups in total. The first kappa shape index (κ1) is 18.8. The zero-order valence-electron chi connectivity index (χ0n) is 15.3. The van der Waals surface area contributed by atoms with Gasteiger partial charge in [-0.1, -0.05) is 30.3 Å². The van der Waals surface area contributed by atoms with E-state index in [-0.39, 0.29) is 12.6 Å². The third kappa shape index (κ3) is 5.77. The zero-order chi connectivity index (χ0) is 18.4. The Bertz CT molecular complexity index is 706. The average Bonchev–Trinajstić information content (AvgIpc) is 2.99. The second-order valence-corrected chi connectivity index (χ2v) is 6.65. The molecule has 0 aliphatic heterocycles. The summed E-state index contributed by atoms with van der Waals surface area (Å²) < 4.78 is 16.2. The molecule has 0 unspecified atom stereocenters. The van der Waals surface area contributed by atoms with E-state index in [0.29, 0.717) is 23.9 Å². The number of alkyl carbamates (subject to hydrolysis) is 1. The predicted molar refractivity (Wildman–Crippen MR) is 92.2 cm³/mol. The zero-order valence-corrected chi connectivity index (χ0v) is 15.3. The van der Waals surface area contributed by atoms with Gasteiger partial charge in [-0.2, -0.15) is 4.98 Å². The maximum atomic E-state index is 12.0. The van der Waals surface area contributed by atoms with Crippen molar-refractivity contribution in [3.63, 3.8) is 0 Å². The van der Waals surface area contributed by atoms with Crippen LogP contribution >= 0.6 is 0 Å². The van der Waals surface area contributed by atoms with Gasteiger partial charge in [0.1, 0.15) is 11.4 Å². The van der Waals surface area contributed by atoms with Crippen LogP contribution in [0.2, 0.25) is 0 Å². The molecular weight excluding hydrogens is 322 g/mol. The lowest BCUT2D eigenvalue weighted by Crippen LogP contribution is -2.34. The van der Waals surface area contributed by atoms with Gasteiger partial charge < -0.3 is 19.3 Å². The number of hydrogen-bond donors (Lipinski definition) is 1. The Morgan fingerprint density at radius 1 is 1.32 bits per heavy atom.